The van der Waals surface area contributed by atoms with Gasteiger partial charge in [0.05, 0.1) is 17.4 Å². The molecule has 218 valence electrons. The number of hydrogen-bond donors (Lipinski definition) is 2. The number of fused-ring (bicyclic) bond motifs is 2. The van der Waals surface area contributed by atoms with Crippen molar-refractivity contribution in [2.24, 2.45) is 0 Å². The number of nitrogens with zero attached hydrogens (tertiary/aromatic N) is 3. The maximum atomic E-state index is 13.7. The van der Waals surface area contributed by atoms with Gasteiger partial charge in [0.15, 0.2) is 0 Å². The van der Waals surface area contributed by atoms with Crippen LogP contribution >= 0.6 is 12.4 Å². The van der Waals surface area contributed by atoms with Gasteiger partial charge >= 0.3 is 0 Å². The summed E-state index contributed by atoms with van der Waals surface area (Å²) >= 11 is 0. The third-order valence-corrected chi connectivity index (χ3v) is 8.11. The molecule has 9 heteroatoms. The van der Waals surface area contributed by atoms with Crippen molar-refractivity contribution >= 4 is 29.9 Å². The standard InChI is InChI=1S/C32H37FN4O3.ClH/c1-3-36-16-17-37(21-30(38)28-18-23-6-4-5-7-25(23)20-34-28)32(40)27-13-10-24(19-29(27)36)31(39)35(2)15-14-22-8-11-26(33)12-9-22;/h4-13,19,28,30,34,38H,3,14-18,20-21H2,1-2H3;1H. The Hall–Kier alpha value is -3.46. The van der Waals surface area contributed by atoms with Crippen molar-refractivity contribution in [3.8, 4) is 0 Å². The SMILES string of the molecule is CCN1CCN(CC(O)C2Cc3ccccc3CN2)C(=O)c2ccc(C(=O)N(C)CCc3ccc(F)cc3)cc21.Cl. The minimum Gasteiger partial charge on any atom is -0.390 e. The van der Waals surface area contributed by atoms with Gasteiger partial charge in [-0.3, -0.25) is 9.59 Å². The van der Waals surface area contributed by atoms with Gasteiger partial charge in [0.25, 0.3) is 11.8 Å². The molecule has 7 nitrogen and oxygen atoms in total. The predicted molar refractivity (Wildman–Crippen MR) is 161 cm³/mol. The fourth-order valence-electron chi connectivity index (χ4n) is 5.62. The van der Waals surface area contributed by atoms with Gasteiger partial charge in [0.1, 0.15) is 5.82 Å². The van der Waals surface area contributed by atoms with Gasteiger partial charge in [-0.2, -0.15) is 0 Å². The molecule has 2 N–H and O–H groups in total. The first kappa shape index (κ1) is 30.5. The van der Waals surface area contributed by atoms with Crippen molar-refractivity contribution in [3.05, 3.63) is 100 Å². The van der Waals surface area contributed by atoms with Crippen molar-refractivity contribution in [2.75, 3.05) is 44.7 Å². The highest BCUT2D eigenvalue weighted by molar-refractivity contribution is 6.03. The fourth-order valence-corrected chi connectivity index (χ4v) is 5.62. The number of anilines is 1. The molecule has 2 amide bonds. The highest BCUT2D eigenvalue weighted by Gasteiger charge is 2.31. The normalized spacial score (nSPS) is 17.2. The molecule has 0 fully saturated rings. The summed E-state index contributed by atoms with van der Waals surface area (Å²) < 4.78 is 13.2. The summed E-state index contributed by atoms with van der Waals surface area (Å²) in [6.45, 7) is 5.25. The van der Waals surface area contributed by atoms with Gasteiger partial charge in [0, 0.05) is 57.9 Å². The molecule has 5 rings (SSSR count). The van der Waals surface area contributed by atoms with Crippen LogP contribution in [0.3, 0.4) is 0 Å². The third kappa shape index (κ3) is 6.89. The Bertz CT molecular complexity index is 1370. The van der Waals surface area contributed by atoms with Crippen LogP contribution in [0.4, 0.5) is 10.1 Å². The number of carbonyl (C=O) groups excluding carboxylic acids is 2. The molecule has 0 saturated heterocycles. The second kappa shape index (κ2) is 13.5. The van der Waals surface area contributed by atoms with Gasteiger partial charge in [0.2, 0.25) is 0 Å². The maximum Gasteiger partial charge on any atom is 0.256 e. The van der Waals surface area contributed by atoms with Crippen LogP contribution in [0, 0.1) is 5.82 Å². The zero-order valence-electron chi connectivity index (χ0n) is 23.6. The molecule has 2 heterocycles. The Morgan fingerprint density at radius 1 is 1.07 bits per heavy atom. The Labute approximate surface area is 247 Å². The second-order valence-corrected chi connectivity index (χ2v) is 10.7. The number of carbonyl (C=O) groups is 2. The van der Waals surface area contributed by atoms with Crippen LogP contribution in [0.25, 0.3) is 0 Å². The van der Waals surface area contributed by atoms with E-state index in [1.165, 1.54) is 23.3 Å². The Balaban J connectivity index is 0.00000387. The molecule has 0 radical (unpaired) electrons. The molecule has 0 bridgehead atoms. The summed E-state index contributed by atoms with van der Waals surface area (Å²) in [7, 11) is 1.75. The number of rotatable bonds is 8. The van der Waals surface area contributed by atoms with Crippen LogP contribution in [0.15, 0.2) is 66.7 Å². The van der Waals surface area contributed by atoms with Crippen LogP contribution in [0.5, 0.6) is 0 Å². The lowest BCUT2D eigenvalue weighted by Gasteiger charge is -2.33. The van der Waals surface area contributed by atoms with Crippen molar-refractivity contribution in [1.29, 1.82) is 0 Å². The molecule has 0 saturated carbocycles. The van der Waals surface area contributed by atoms with Gasteiger partial charge in [-0.1, -0.05) is 36.4 Å². The minimum atomic E-state index is -0.704. The monoisotopic (exact) mass is 580 g/mol. The first-order chi connectivity index (χ1) is 19.3. The molecule has 2 aliphatic heterocycles. The molecule has 2 aliphatic rings. The quantitative estimate of drug-likeness (QED) is 0.422. The Morgan fingerprint density at radius 2 is 1.78 bits per heavy atom. The maximum absolute atomic E-state index is 13.7. The van der Waals surface area contributed by atoms with Crippen molar-refractivity contribution in [2.45, 2.75) is 38.5 Å². The molecule has 3 aromatic rings. The summed E-state index contributed by atoms with van der Waals surface area (Å²) in [5.41, 5.74) is 5.24. The zero-order valence-corrected chi connectivity index (χ0v) is 24.4. The summed E-state index contributed by atoms with van der Waals surface area (Å²) in [6.07, 6.45) is 0.632. The molecule has 2 atom stereocenters. The number of nitrogens with one attached hydrogen (secondary N) is 1. The first-order valence-electron chi connectivity index (χ1n) is 14.0. The lowest BCUT2D eigenvalue weighted by atomic mass is 9.92. The Kier molecular flexibility index (Phi) is 10.0. The molecular weight excluding hydrogens is 543 g/mol. The number of hydrogen-bond acceptors (Lipinski definition) is 5. The van der Waals surface area contributed by atoms with Gasteiger partial charge in [-0.25, -0.2) is 4.39 Å². The largest absolute Gasteiger partial charge is 0.390 e. The van der Waals surface area contributed by atoms with E-state index in [2.05, 4.69) is 22.3 Å². The predicted octanol–water partition coefficient (Wildman–Crippen LogP) is 3.92. The number of benzene rings is 3. The number of aliphatic hydroxyl groups is 1. The molecule has 0 aliphatic carbocycles. The van der Waals surface area contributed by atoms with Gasteiger partial charge < -0.3 is 25.1 Å². The van der Waals surface area contributed by atoms with Crippen LogP contribution in [0.2, 0.25) is 0 Å². The van der Waals surface area contributed by atoms with Crippen molar-refractivity contribution in [3.63, 3.8) is 0 Å². The lowest BCUT2D eigenvalue weighted by Crippen LogP contribution is -2.50. The first-order valence-corrected chi connectivity index (χ1v) is 14.0. The summed E-state index contributed by atoms with van der Waals surface area (Å²) in [6, 6.07) is 19.7. The minimum absolute atomic E-state index is 0. The van der Waals surface area contributed by atoms with Crippen molar-refractivity contribution < 1.29 is 19.1 Å². The van der Waals surface area contributed by atoms with E-state index in [1.807, 2.05) is 25.1 Å². The topological polar surface area (TPSA) is 76.1 Å². The van der Waals surface area contributed by atoms with E-state index in [4.69, 9.17) is 0 Å². The highest BCUT2D eigenvalue weighted by atomic mass is 35.5. The third-order valence-electron chi connectivity index (χ3n) is 8.11. The number of β-amino-alcohol motifs (C(OH)–C–C–N with tert-alkyl or cyclic N) is 1. The van der Waals surface area contributed by atoms with E-state index in [1.54, 1.807) is 41.1 Å². The Morgan fingerprint density at radius 3 is 2.51 bits per heavy atom. The number of halogens is 2. The number of likely N-dealkylation sites (N-methyl/N-ethyl adjacent to an activating group) is 2. The molecule has 2 unspecified atom stereocenters. The van der Waals surface area contributed by atoms with E-state index < -0.39 is 6.10 Å². The van der Waals surface area contributed by atoms with Crippen molar-refractivity contribution in [1.82, 2.24) is 15.1 Å². The zero-order chi connectivity index (χ0) is 28.2. The molecule has 0 spiro atoms. The van der Waals surface area contributed by atoms with E-state index in [0.29, 0.717) is 50.3 Å². The molecule has 0 aromatic heterocycles. The average Bonchev–Trinajstić information content (AvgIpc) is 3.11. The van der Waals surface area contributed by atoms with Gasteiger partial charge in [-0.15, -0.1) is 12.4 Å². The summed E-state index contributed by atoms with van der Waals surface area (Å²) in [5, 5.41) is 14.5. The van der Waals surface area contributed by atoms with Crippen LogP contribution in [-0.2, 0) is 19.4 Å². The second-order valence-electron chi connectivity index (χ2n) is 10.7. The van der Waals surface area contributed by atoms with E-state index in [0.717, 1.165) is 17.7 Å². The summed E-state index contributed by atoms with van der Waals surface area (Å²) in [4.78, 5) is 32.4. The highest BCUT2D eigenvalue weighted by Crippen LogP contribution is 2.28. The molecule has 3 aromatic carbocycles. The molecular formula is C32H38ClFN4O3. The number of aliphatic hydroxyl groups excluding tert-OH is 1. The van der Waals surface area contributed by atoms with Crippen LogP contribution < -0.4 is 10.2 Å². The van der Waals surface area contributed by atoms with Gasteiger partial charge in [-0.05, 0) is 66.8 Å². The summed E-state index contributed by atoms with van der Waals surface area (Å²) in [5.74, 6) is -0.545. The number of amides is 2. The van der Waals surface area contributed by atoms with E-state index >= 15 is 0 Å². The molecule has 41 heavy (non-hydrogen) atoms. The fraction of sp³-hybridized carbons (Fsp3) is 0.375. The average molecular weight is 581 g/mol. The van der Waals surface area contributed by atoms with Crippen LogP contribution in [-0.4, -0.2) is 78.6 Å². The smallest absolute Gasteiger partial charge is 0.256 e. The lowest BCUT2D eigenvalue weighted by molar-refractivity contribution is 0.0540. The van der Waals surface area contributed by atoms with E-state index in [-0.39, 0.29) is 42.6 Å². The van der Waals surface area contributed by atoms with Crippen LogP contribution in [0.1, 0.15) is 44.3 Å². The van der Waals surface area contributed by atoms with E-state index in [9.17, 15) is 19.1 Å².